The highest BCUT2D eigenvalue weighted by molar-refractivity contribution is 7.99. The topological polar surface area (TPSA) is 54.3 Å². The van der Waals surface area contributed by atoms with Gasteiger partial charge in [0.2, 0.25) is 0 Å². The standard InChI is InChI=1S/C14H17N3OS/c15-11-7-19-8-18-17-6-5-10-9-3-1-2-4-12(9)16-13(10)14(11)17/h1-4,11,14,16H,5-8,15H2/t11-,14-/m0/s1. The fourth-order valence-electron chi connectivity index (χ4n) is 3.20. The van der Waals surface area contributed by atoms with Crippen LogP contribution in [0.15, 0.2) is 24.3 Å². The van der Waals surface area contributed by atoms with Crippen LogP contribution >= 0.6 is 11.8 Å². The van der Waals surface area contributed by atoms with Crippen molar-refractivity contribution in [2.24, 2.45) is 5.73 Å². The van der Waals surface area contributed by atoms with E-state index < -0.39 is 0 Å². The second-order valence-corrected chi connectivity index (χ2v) is 6.16. The van der Waals surface area contributed by atoms with Crippen molar-refractivity contribution in [2.45, 2.75) is 18.5 Å². The Labute approximate surface area is 116 Å². The highest BCUT2D eigenvalue weighted by atomic mass is 32.2. The van der Waals surface area contributed by atoms with E-state index in [0.29, 0.717) is 5.94 Å². The van der Waals surface area contributed by atoms with Gasteiger partial charge in [-0.2, -0.15) is 5.06 Å². The first-order chi connectivity index (χ1) is 9.34. The lowest BCUT2D eigenvalue weighted by atomic mass is 9.95. The lowest BCUT2D eigenvalue weighted by Crippen LogP contribution is -2.44. The van der Waals surface area contributed by atoms with Gasteiger partial charge in [0.25, 0.3) is 0 Å². The van der Waals surface area contributed by atoms with Crippen molar-refractivity contribution < 1.29 is 4.84 Å². The van der Waals surface area contributed by atoms with Crippen LogP contribution in [-0.2, 0) is 11.3 Å². The molecule has 4 rings (SSSR count). The molecule has 0 spiro atoms. The van der Waals surface area contributed by atoms with Crippen molar-refractivity contribution in [1.29, 1.82) is 0 Å². The van der Waals surface area contributed by atoms with E-state index in [1.165, 1.54) is 22.2 Å². The average Bonchev–Trinajstić information content (AvgIpc) is 2.70. The van der Waals surface area contributed by atoms with Gasteiger partial charge in [0, 0.05) is 34.9 Å². The van der Waals surface area contributed by atoms with Gasteiger partial charge >= 0.3 is 0 Å². The van der Waals surface area contributed by atoms with Gasteiger partial charge in [0.15, 0.2) is 0 Å². The Morgan fingerprint density at radius 2 is 2.26 bits per heavy atom. The third-order valence-electron chi connectivity index (χ3n) is 4.05. The van der Waals surface area contributed by atoms with Gasteiger partial charge in [-0.3, -0.25) is 4.84 Å². The van der Waals surface area contributed by atoms with Crippen LogP contribution in [0.5, 0.6) is 0 Å². The Hall–Kier alpha value is -1.01. The first-order valence-electron chi connectivity index (χ1n) is 6.67. The van der Waals surface area contributed by atoms with Crippen LogP contribution in [0.3, 0.4) is 0 Å². The summed E-state index contributed by atoms with van der Waals surface area (Å²) >= 11 is 1.77. The molecule has 0 unspecified atom stereocenters. The Kier molecular flexibility index (Phi) is 2.81. The van der Waals surface area contributed by atoms with E-state index in [2.05, 4.69) is 34.3 Å². The zero-order valence-corrected chi connectivity index (χ0v) is 11.5. The quantitative estimate of drug-likeness (QED) is 0.772. The maximum Gasteiger partial charge on any atom is 0.114 e. The number of hydrogen-bond acceptors (Lipinski definition) is 4. The number of nitrogens with zero attached hydrogens (tertiary/aromatic N) is 1. The predicted molar refractivity (Wildman–Crippen MR) is 77.8 cm³/mol. The SMILES string of the molecule is N[C@H]1CSCON2CCc3c([nH]c4ccccc34)[C@H]12. The molecule has 0 amide bonds. The Bertz CT molecular complexity index is 612. The summed E-state index contributed by atoms with van der Waals surface area (Å²) in [7, 11) is 0. The number of benzene rings is 1. The summed E-state index contributed by atoms with van der Waals surface area (Å²) in [6, 6.07) is 8.77. The molecule has 3 heterocycles. The molecule has 1 saturated heterocycles. The average molecular weight is 275 g/mol. The normalized spacial score (nSPS) is 27.8. The summed E-state index contributed by atoms with van der Waals surface area (Å²) < 4.78 is 0. The summed E-state index contributed by atoms with van der Waals surface area (Å²) in [5, 5.41) is 3.41. The molecule has 2 aliphatic heterocycles. The van der Waals surface area contributed by atoms with Crippen LogP contribution in [0.1, 0.15) is 17.3 Å². The van der Waals surface area contributed by atoms with E-state index in [1.807, 2.05) is 0 Å². The van der Waals surface area contributed by atoms with Crippen molar-refractivity contribution in [1.82, 2.24) is 10.0 Å². The Morgan fingerprint density at radius 1 is 1.37 bits per heavy atom. The second-order valence-electron chi connectivity index (χ2n) is 5.18. The maximum absolute atomic E-state index is 6.36. The number of thioether (sulfide) groups is 1. The van der Waals surface area contributed by atoms with Gasteiger partial charge < -0.3 is 10.7 Å². The number of aromatic amines is 1. The molecule has 100 valence electrons. The van der Waals surface area contributed by atoms with Gasteiger partial charge in [-0.05, 0) is 18.1 Å². The molecule has 0 radical (unpaired) electrons. The lowest BCUT2D eigenvalue weighted by Gasteiger charge is -2.35. The van der Waals surface area contributed by atoms with Crippen molar-refractivity contribution in [3.63, 3.8) is 0 Å². The Balaban J connectivity index is 1.88. The van der Waals surface area contributed by atoms with Crippen LogP contribution in [-0.4, -0.2) is 34.3 Å². The molecule has 4 nitrogen and oxygen atoms in total. The molecule has 3 N–H and O–H groups in total. The van der Waals surface area contributed by atoms with Crippen LogP contribution in [0.25, 0.3) is 10.9 Å². The summed E-state index contributed by atoms with van der Waals surface area (Å²) in [4.78, 5) is 9.39. The number of para-hydroxylation sites is 1. The number of nitrogens with one attached hydrogen (secondary N) is 1. The fraction of sp³-hybridized carbons (Fsp3) is 0.429. The third-order valence-corrected chi connectivity index (χ3v) is 4.95. The van der Waals surface area contributed by atoms with Gasteiger partial charge in [-0.25, -0.2) is 0 Å². The molecular formula is C14H17N3OS. The molecule has 2 atom stereocenters. The van der Waals surface area contributed by atoms with Gasteiger partial charge in [-0.15, -0.1) is 11.8 Å². The molecule has 0 bridgehead atoms. The van der Waals surface area contributed by atoms with E-state index >= 15 is 0 Å². The highest BCUT2D eigenvalue weighted by Crippen LogP contribution is 2.38. The summed E-state index contributed by atoms with van der Waals surface area (Å²) in [6.45, 7) is 0.924. The van der Waals surface area contributed by atoms with E-state index in [4.69, 9.17) is 10.6 Å². The zero-order chi connectivity index (χ0) is 12.8. The molecular weight excluding hydrogens is 258 g/mol. The van der Waals surface area contributed by atoms with E-state index in [0.717, 1.165) is 18.7 Å². The summed E-state index contributed by atoms with van der Waals surface area (Å²) in [5.74, 6) is 1.65. The molecule has 19 heavy (non-hydrogen) atoms. The predicted octanol–water partition coefficient (Wildman–Crippen LogP) is 2.03. The van der Waals surface area contributed by atoms with Gasteiger partial charge in [0.1, 0.15) is 5.94 Å². The summed E-state index contributed by atoms with van der Waals surface area (Å²) in [5.41, 5.74) is 10.2. The van der Waals surface area contributed by atoms with E-state index in [1.54, 1.807) is 11.8 Å². The number of rotatable bonds is 0. The molecule has 1 aromatic heterocycles. The lowest BCUT2D eigenvalue weighted by molar-refractivity contribution is -0.175. The number of hydrogen-bond donors (Lipinski definition) is 2. The summed E-state index contributed by atoms with van der Waals surface area (Å²) in [6.07, 6.45) is 1.02. The minimum Gasteiger partial charge on any atom is -0.357 e. The van der Waals surface area contributed by atoms with Crippen molar-refractivity contribution >= 4 is 22.7 Å². The molecule has 1 aromatic carbocycles. The highest BCUT2D eigenvalue weighted by Gasteiger charge is 2.36. The number of H-pyrrole nitrogens is 1. The van der Waals surface area contributed by atoms with E-state index in [9.17, 15) is 0 Å². The fourth-order valence-corrected chi connectivity index (χ4v) is 3.96. The van der Waals surface area contributed by atoms with Crippen LogP contribution in [0.2, 0.25) is 0 Å². The first kappa shape index (κ1) is 11.8. The number of nitrogens with two attached hydrogens (primary N) is 1. The minimum atomic E-state index is 0.111. The molecule has 2 aliphatic rings. The van der Waals surface area contributed by atoms with Crippen molar-refractivity contribution in [3.8, 4) is 0 Å². The Morgan fingerprint density at radius 3 is 3.21 bits per heavy atom. The first-order valence-corrected chi connectivity index (χ1v) is 7.82. The van der Waals surface area contributed by atoms with Crippen molar-refractivity contribution in [2.75, 3.05) is 18.2 Å². The van der Waals surface area contributed by atoms with Crippen LogP contribution in [0.4, 0.5) is 0 Å². The zero-order valence-electron chi connectivity index (χ0n) is 10.6. The second kappa shape index (κ2) is 4.52. The molecule has 0 aliphatic carbocycles. The number of aromatic nitrogens is 1. The molecule has 2 aromatic rings. The van der Waals surface area contributed by atoms with Gasteiger partial charge in [-0.1, -0.05) is 18.2 Å². The largest absolute Gasteiger partial charge is 0.357 e. The maximum atomic E-state index is 6.36. The van der Waals surface area contributed by atoms with Gasteiger partial charge in [0.05, 0.1) is 6.04 Å². The van der Waals surface area contributed by atoms with Crippen LogP contribution in [0, 0.1) is 0 Å². The molecule has 5 heteroatoms. The van der Waals surface area contributed by atoms with E-state index in [-0.39, 0.29) is 12.1 Å². The monoisotopic (exact) mass is 275 g/mol. The van der Waals surface area contributed by atoms with Crippen LogP contribution < -0.4 is 5.73 Å². The smallest absolute Gasteiger partial charge is 0.114 e. The molecule has 0 saturated carbocycles. The van der Waals surface area contributed by atoms with Crippen molar-refractivity contribution in [3.05, 3.63) is 35.5 Å². The third kappa shape index (κ3) is 1.80. The minimum absolute atomic E-state index is 0.111. The number of hydroxylamine groups is 2. The molecule has 1 fully saturated rings. The number of fused-ring (bicyclic) bond motifs is 5.